The third-order valence-electron chi connectivity index (χ3n) is 6.38. The number of amides is 1. The third kappa shape index (κ3) is 8.06. The number of hydrogen-bond donors (Lipinski definition) is 4. The van der Waals surface area contributed by atoms with E-state index in [4.69, 9.17) is 0 Å². The standard InChI is InChI=1S/C26H35F2N3O4S/c1-15(2)18-5-6-19-10-22(31-36(4,34)35)13-24(23(19)11-18)29-14-26(33)25(30-16(3)32)9-17-7-20(27)12-21(28)8-17/h5-8,11-12,15,22,24-26,29,31,33H,9-10,13-14H2,1-4H3,(H,30,32). The first-order valence-electron chi connectivity index (χ1n) is 12.0. The second-order valence-corrected chi connectivity index (χ2v) is 11.7. The number of aliphatic hydroxyl groups is 1. The first kappa shape index (κ1) is 28.2. The molecule has 10 heteroatoms. The number of halogens is 2. The molecule has 36 heavy (non-hydrogen) atoms. The van der Waals surface area contributed by atoms with Gasteiger partial charge in [0.05, 0.1) is 18.4 Å². The van der Waals surface area contributed by atoms with Gasteiger partial charge >= 0.3 is 0 Å². The lowest BCUT2D eigenvalue weighted by Crippen LogP contribution is -2.49. The number of fused-ring (bicyclic) bond motifs is 1. The summed E-state index contributed by atoms with van der Waals surface area (Å²) in [5.74, 6) is -1.53. The van der Waals surface area contributed by atoms with E-state index in [9.17, 15) is 27.1 Å². The van der Waals surface area contributed by atoms with Crippen molar-refractivity contribution in [3.63, 3.8) is 0 Å². The highest BCUT2D eigenvalue weighted by Crippen LogP contribution is 2.33. The summed E-state index contributed by atoms with van der Waals surface area (Å²) in [6.07, 6.45) is 1.13. The van der Waals surface area contributed by atoms with Crippen molar-refractivity contribution in [2.75, 3.05) is 12.8 Å². The van der Waals surface area contributed by atoms with E-state index in [1.807, 2.05) is 12.1 Å². The number of nitrogens with one attached hydrogen (secondary N) is 3. The number of carbonyl (C=O) groups excluding carboxylic acids is 1. The largest absolute Gasteiger partial charge is 0.390 e. The lowest BCUT2D eigenvalue weighted by molar-refractivity contribution is -0.120. The highest BCUT2D eigenvalue weighted by molar-refractivity contribution is 7.88. The minimum atomic E-state index is -3.41. The maximum absolute atomic E-state index is 13.7. The van der Waals surface area contributed by atoms with Crippen LogP contribution < -0.4 is 15.4 Å². The normalized spacial score (nSPS) is 19.6. The monoisotopic (exact) mass is 523 g/mol. The minimum absolute atomic E-state index is 0.0358. The number of aliphatic hydroxyl groups excluding tert-OH is 1. The fourth-order valence-corrected chi connectivity index (χ4v) is 5.55. The molecular weight excluding hydrogens is 488 g/mol. The Labute approximate surface area is 211 Å². The average Bonchev–Trinajstić information content (AvgIpc) is 2.74. The number of carbonyl (C=O) groups is 1. The second-order valence-electron chi connectivity index (χ2n) is 9.96. The Morgan fingerprint density at radius 3 is 2.39 bits per heavy atom. The van der Waals surface area contributed by atoms with Gasteiger partial charge in [-0.05, 0) is 59.6 Å². The van der Waals surface area contributed by atoms with Gasteiger partial charge in [-0.1, -0.05) is 32.0 Å². The lowest BCUT2D eigenvalue weighted by atomic mass is 9.82. The van der Waals surface area contributed by atoms with Crippen molar-refractivity contribution < 1.29 is 27.1 Å². The van der Waals surface area contributed by atoms with Crippen LogP contribution in [0.4, 0.5) is 8.78 Å². The Bertz CT molecular complexity index is 1170. The Morgan fingerprint density at radius 1 is 1.14 bits per heavy atom. The first-order chi connectivity index (χ1) is 16.8. The summed E-state index contributed by atoms with van der Waals surface area (Å²) in [7, 11) is -3.41. The fraction of sp³-hybridized carbons (Fsp3) is 0.500. The maximum atomic E-state index is 13.7. The first-order valence-corrected chi connectivity index (χ1v) is 13.9. The highest BCUT2D eigenvalue weighted by Gasteiger charge is 2.30. The van der Waals surface area contributed by atoms with Crippen LogP contribution in [0.1, 0.15) is 61.4 Å². The van der Waals surface area contributed by atoms with Crippen LogP contribution in [0.15, 0.2) is 36.4 Å². The molecule has 198 valence electrons. The zero-order valence-electron chi connectivity index (χ0n) is 21.0. The van der Waals surface area contributed by atoms with Gasteiger partial charge in [-0.2, -0.15) is 0 Å². The van der Waals surface area contributed by atoms with Crippen molar-refractivity contribution in [2.24, 2.45) is 0 Å². The van der Waals surface area contributed by atoms with Crippen molar-refractivity contribution in [3.8, 4) is 0 Å². The van der Waals surface area contributed by atoms with Crippen LogP contribution in [0.25, 0.3) is 0 Å². The van der Waals surface area contributed by atoms with Crippen molar-refractivity contribution in [1.82, 2.24) is 15.4 Å². The average molecular weight is 524 g/mol. The van der Waals surface area contributed by atoms with Gasteiger partial charge in [-0.25, -0.2) is 21.9 Å². The summed E-state index contributed by atoms with van der Waals surface area (Å²) in [5, 5.41) is 17.0. The van der Waals surface area contributed by atoms with Crippen LogP contribution in [0.2, 0.25) is 0 Å². The SMILES string of the molecule is CC(=O)NC(Cc1cc(F)cc(F)c1)C(O)CNC1CC(NS(C)(=O)=O)Cc2ccc(C(C)C)cc21. The maximum Gasteiger partial charge on any atom is 0.217 e. The van der Waals surface area contributed by atoms with Crippen LogP contribution in [0.3, 0.4) is 0 Å². The molecule has 1 aliphatic rings. The molecule has 4 atom stereocenters. The van der Waals surface area contributed by atoms with Crippen LogP contribution >= 0.6 is 0 Å². The number of sulfonamides is 1. The molecule has 7 nitrogen and oxygen atoms in total. The van der Waals surface area contributed by atoms with E-state index >= 15 is 0 Å². The van der Waals surface area contributed by atoms with Gasteiger partial charge in [0.2, 0.25) is 15.9 Å². The molecule has 0 aliphatic heterocycles. The molecule has 0 bridgehead atoms. The minimum Gasteiger partial charge on any atom is -0.390 e. The highest BCUT2D eigenvalue weighted by atomic mass is 32.2. The lowest BCUT2D eigenvalue weighted by Gasteiger charge is -2.34. The van der Waals surface area contributed by atoms with Crippen molar-refractivity contribution in [2.45, 2.75) is 70.2 Å². The summed E-state index contributed by atoms with van der Waals surface area (Å²) in [6.45, 7) is 5.58. The zero-order chi connectivity index (χ0) is 26.6. The van der Waals surface area contributed by atoms with Gasteiger partial charge < -0.3 is 15.7 Å². The van der Waals surface area contributed by atoms with E-state index in [-0.39, 0.29) is 31.0 Å². The molecule has 3 rings (SSSR count). The molecule has 0 radical (unpaired) electrons. The quantitative estimate of drug-likeness (QED) is 0.383. The van der Waals surface area contributed by atoms with E-state index < -0.39 is 33.8 Å². The summed E-state index contributed by atoms with van der Waals surface area (Å²) in [6, 6.07) is 7.94. The Hall–Kier alpha value is -2.40. The molecular formula is C26H35F2N3O4S. The van der Waals surface area contributed by atoms with E-state index in [2.05, 4.69) is 35.3 Å². The zero-order valence-corrected chi connectivity index (χ0v) is 21.8. The van der Waals surface area contributed by atoms with Gasteiger partial charge in [-0.3, -0.25) is 4.79 Å². The predicted octanol–water partition coefficient (Wildman–Crippen LogP) is 2.69. The van der Waals surface area contributed by atoms with Crippen molar-refractivity contribution in [3.05, 3.63) is 70.3 Å². The Kier molecular flexibility index (Phi) is 9.21. The van der Waals surface area contributed by atoms with E-state index in [1.54, 1.807) is 0 Å². The van der Waals surface area contributed by atoms with Crippen LogP contribution in [0, 0.1) is 11.6 Å². The van der Waals surface area contributed by atoms with Crippen LogP contribution in [0.5, 0.6) is 0 Å². The van der Waals surface area contributed by atoms with Crippen molar-refractivity contribution >= 4 is 15.9 Å². The molecule has 2 aromatic carbocycles. The molecule has 4 N–H and O–H groups in total. The predicted molar refractivity (Wildman–Crippen MR) is 135 cm³/mol. The molecule has 2 aromatic rings. The second kappa shape index (κ2) is 11.8. The molecule has 0 spiro atoms. The molecule has 0 saturated carbocycles. The van der Waals surface area contributed by atoms with Gasteiger partial charge in [0.25, 0.3) is 0 Å². The summed E-state index contributed by atoms with van der Waals surface area (Å²) < 4.78 is 53.8. The third-order valence-corrected chi connectivity index (χ3v) is 7.15. The molecule has 0 heterocycles. The summed E-state index contributed by atoms with van der Waals surface area (Å²) in [5.41, 5.74) is 3.53. The van der Waals surface area contributed by atoms with E-state index in [1.165, 1.54) is 19.1 Å². The number of hydrogen-bond acceptors (Lipinski definition) is 5. The number of benzene rings is 2. The molecule has 1 amide bonds. The summed E-state index contributed by atoms with van der Waals surface area (Å²) in [4.78, 5) is 11.8. The van der Waals surface area contributed by atoms with E-state index in [0.29, 0.717) is 24.3 Å². The van der Waals surface area contributed by atoms with Crippen molar-refractivity contribution in [1.29, 1.82) is 0 Å². The van der Waals surface area contributed by atoms with Crippen LogP contribution in [-0.4, -0.2) is 50.4 Å². The smallest absolute Gasteiger partial charge is 0.217 e. The molecule has 4 unspecified atom stereocenters. The topological polar surface area (TPSA) is 108 Å². The van der Waals surface area contributed by atoms with Gasteiger partial charge in [0.15, 0.2) is 0 Å². The Balaban J connectivity index is 1.80. The molecule has 0 fully saturated rings. The fourth-order valence-electron chi connectivity index (χ4n) is 4.76. The van der Waals surface area contributed by atoms with E-state index in [0.717, 1.165) is 29.0 Å². The Morgan fingerprint density at radius 2 is 1.81 bits per heavy atom. The molecule has 1 aliphatic carbocycles. The van der Waals surface area contributed by atoms with Gasteiger partial charge in [0.1, 0.15) is 11.6 Å². The van der Waals surface area contributed by atoms with Gasteiger partial charge in [-0.15, -0.1) is 0 Å². The van der Waals surface area contributed by atoms with Gasteiger partial charge in [0, 0.05) is 31.6 Å². The van der Waals surface area contributed by atoms with Crippen LogP contribution in [-0.2, 0) is 27.7 Å². The number of rotatable bonds is 10. The molecule has 0 saturated heterocycles. The summed E-state index contributed by atoms with van der Waals surface area (Å²) >= 11 is 0. The molecule has 0 aromatic heterocycles.